The first-order valence-electron chi connectivity index (χ1n) is 6.61. The van der Waals surface area contributed by atoms with Crippen LogP contribution in [0.25, 0.3) is 0 Å². The van der Waals surface area contributed by atoms with Crippen molar-refractivity contribution in [1.82, 2.24) is 14.9 Å². The SMILES string of the molecule is CS(=O)(=O)c1cc(C(=O)NCCCn2ccnc2)ccc1Cl. The fourth-order valence-electron chi connectivity index (χ4n) is 1.91. The zero-order chi connectivity index (χ0) is 16.2. The molecular formula is C14H16ClN3O3S. The first-order valence-corrected chi connectivity index (χ1v) is 8.88. The second-order valence-corrected chi connectivity index (χ2v) is 7.22. The van der Waals surface area contributed by atoms with E-state index in [0.717, 1.165) is 19.2 Å². The van der Waals surface area contributed by atoms with Crippen molar-refractivity contribution in [1.29, 1.82) is 0 Å². The highest BCUT2D eigenvalue weighted by Crippen LogP contribution is 2.22. The van der Waals surface area contributed by atoms with Crippen molar-refractivity contribution in [2.45, 2.75) is 17.9 Å². The highest BCUT2D eigenvalue weighted by atomic mass is 35.5. The Bertz CT molecular complexity index is 758. The highest BCUT2D eigenvalue weighted by Gasteiger charge is 2.15. The number of carbonyl (C=O) groups excluding carboxylic acids is 1. The molecule has 0 unspecified atom stereocenters. The van der Waals surface area contributed by atoms with E-state index in [-0.39, 0.29) is 21.4 Å². The molecule has 1 aromatic heterocycles. The molecule has 0 atom stereocenters. The summed E-state index contributed by atoms with van der Waals surface area (Å²) in [6.45, 7) is 1.23. The molecule has 6 nitrogen and oxygen atoms in total. The fourth-order valence-corrected chi connectivity index (χ4v) is 3.21. The van der Waals surface area contributed by atoms with Gasteiger partial charge in [-0.2, -0.15) is 0 Å². The molecule has 0 saturated heterocycles. The Balaban J connectivity index is 1.95. The fraction of sp³-hybridized carbons (Fsp3) is 0.286. The van der Waals surface area contributed by atoms with Gasteiger partial charge in [-0.05, 0) is 24.6 Å². The van der Waals surface area contributed by atoms with Gasteiger partial charge < -0.3 is 9.88 Å². The second kappa shape index (κ2) is 6.93. The van der Waals surface area contributed by atoms with Crippen molar-refractivity contribution in [3.63, 3.8) is 0 Å². The molecule has 1 amide bonds. The van der Waals surface area contributed by atoms with Crippen LogP contribution in [-0.2, 0) is 16.4 Å². The summed E-state index contributed by atoms with van der Waals surface area (Å²) >= 11 is 5.85. The van der Waals surface area contributed by atoms with E-state index in [1.165, 1.54) is 18.2 Å². The Labute approximate surface area is 134 Å². The Hall–Kier alpha value is -1.86. The molecule has 0 saturated carbocycles. The molecule has 0 spiro atoms. The van der Waals surface area contributed by atoms with Crippen molar-refractivity contribution in [2.75, 3.05) is 12.8 Å². The van der Waals surface area contributed by atoms with Crippen molar-refractivity contribution in [2.24, 2.45) is 0 Å². The Kier molecular flexibility index (Phi) is 5.20. The van der Waals surface area contributed by atoms with Crippen LogP contribution in [0.5, 0.6) is 0 Å². The van der Waals surface area contributed by atoms with Gasteiger partial charge in [0.05, 0.1) is 16.2 Å². The minimum Gasteiger partial charge on any atom is -0.352 e. The van der Waals surface area contributed by atoms with Crippen LogP contribution in [0, 0.1) is 0 Å². The van der Waals surface area contributed by atoms with Crippen molar-refractivity contribution < 1.29 is 13.2 Å². The molecule has 0 aliphatic heterocycles. The molecule has 1 heterocycles. The van der Waals surface area contributed by atoms with Gasteiger partial charge in [-0.3, -0.25) is 4.79 Å². The topological polar surface area (TPSA) is 81.1 Å². The predicted octanol–water partition coefficient (Wildman–Crippen LogP) is 1.76. The molecule has 2 aromatic rings. The molecule has 0 aliphatic carbocycles. The third-order valence-corrected chi connectivity index (χ3v) is 4.61. The minimum absolute atomic E-state index is 0.0415. The summed E-state index contributed by atoms with van der Waals surface area (Å²) in [6, 6.07) is 4.21. The van der Waals surface area contributed by atoms with Gasteiger partial charge in [0.25, 0.3) is 5.91 Å². The molecule has 0 radical (unpaired) electrons. The van der Waals surface area contributed by atoms with Gasteiger partial charge in [-0.1, -0.05) is 11.6 Å². The number of benzene rings is 1. The summed E-state index contributed by atoms with van der Waals surface area (Å²) in [6.07, 6.45) is 7.05. The maximum absolute atomic E-state index is 12.0. The summed E-state index contributed by atoms with van der Waals surface area (Å²) in [5, 5.41) is 2.86. The lowest BCUT2D eigenvalue weighted by atomic mass is 10.2. The third-order valence-electron chi connectivity index (χ3n) is 3.03. The summed E-state index contributed by atoms with van der Waals surface area (Å²) < 4.78 is 25.1. The average Bonchev–Trinajstić information content (AvgIpc) is 2.95. The van der Waals surface area contributed by atoms with Gasteiger partial charge in [0.2, 0.25) is 0 Å². The third kappa shape index (κ3) is 4.32. The minimum atomic E-state index is -3.47. The zero-order valence-corrected chi connectivity index (χ0v) is 13.6. The molecule has 8 heteroatoms. The van der Waals surface area contributed by atoms with E-state index in [2.05, 4.69) is 10.3 Å². The number of halogens is 1. The number of amides is 1. The lowest BCUT2D eigenvalue weighted by Gasteiger charge is -2.08. The van der Waals surface area contributed by atoms with Gasteiger partial charge in [0.1, 0.15) is 0 Å². The number of nitrogens with one attached hydrogen (secondary N) is 1. The molecule has 0 fully saturated rings. The van der Waals surface area contributed by atoms with Crippen LogP contribution in [0.15, 0.2) is 41.8 Å². The van der Waals surface area contributed by atoms with Crippen LogP contribution in [0.1, 0.15) is 16.8 Å². The number of carbonyl (C=O) groups is 1. The lowest BCUT2D eigenvalue weighted by Crippen LogP contribution is -2.25. The Morgan fingerprint density at radius 2 is 2.18 bits per heavy atom. The maximum Gasteiger partial charge on any atom is 0.251 e. The van der Waals surface area contributed by atoms with Crippen LogP contribution in [-0.4, -0.2) is 36.7 Å². The van der Waals surface area contributed by atoms with Crippen LogP contribution in [0.2, 0.25) is 5.02 Å². The number of imidazole rings is 1. The van der Waals surface area contributed by atoms with E-state index < -0.39 is 9.84 Å². The van der Waals surface area contributed by atoms with Crippen molar-refractivity contribution in [3.05, 3.63) is 47.5 Å². The standard InChI is InChI=1S/C14H16ClN3O3S/c1-22(20,21)13-9-11(3-4-12(13)15)14(19)17-5-2-7-18-8-6-16-10-18/h3-4,6,8-10H,2,5,7H2,1H3,(H,17,19). The molecule has 0 aliphatic rings. The van der Waals surface area contributed by atoms with Crippen molar-refractivity contribution >= 4 is 27.3 Å². The number of rotatable bonds is 6. The number of sulfone groups is 1. The predicted molar refractivity (Wildman–Crippen MR) is 83.7 cm³/mol. The van der Waals surface area contributed by atoms with Gasteiger partial charge in [-0.15, -0.1) is 0 Å². The van der Waals surface area contributed by atoms with E-state index in [9.17, 15) is 13.2 Å². The van der Waals surface area contributed by atoms with E-state index >= 15 is 0 Å². The van der Waals surface area contributed by atoms with Crippen LogP contribution >= 0.6 is 11.6 Å². The second-order valence-electron chi connectivity index (χ2n) is 4.83. The average molecular weight is 342 g/mol. The van der Waals surface area contributed by atoms with Crippen molar-refractivity contribution in [3.8, 4) is 0 Å². The van der Waals surface area contributed by atoms with Crippen LogP contribution in [0.3, 0.4) is 0 Å². The van der Waals surface area contributed by atoms with Crippen LogP contribution in [0.4, 0.5) is 0 Å². The molecule has 1 N–H and O–H groups in total. The zero-order valence-electron chi connectivity index (χ0n) is 12.0. The first kappa shape index (κ1) is 16.5. The number of aromatic nitrogens is 2. The van der Waals surface area contributed by atoms with Gasteiger partial charge in [0, 0.05) is 37.3 Å². The smallest absolute Gasteiger partial charge is 0.251 e. The lowest BCUT2D eigenvalue weighted by molar-refractivity contribution is 0.0952. The molecule has 118 valence electrons. The molecule has 2 rings (SSSR count). The quantitative estimate of drug-likeness (QED) is 0.812. The largest absolute Gasteiger partial charge is 0.352 e. The normalized spacial score (nSPS) is 11.4. The number of nitrogens with zero attached hydrogens (tertiary/aromatic N) is 2. The Morgan fingerprint density at radius 3 is 2.82 bits per heavy atom. The van der Waals surface area contributed by atoms with E-state index in [0.29, 0.717) is 6.54 Å². The van der Waals surface area contributed by atoms with Gasteiger partial charge in [0.15, 0.2) is 9.84 Å². The summed E-state index contributed by atoms with van der Waals surface area (Å²) in [7, 11) is -3.47. The molecular weight excluding hydrogens is 326 g/mol. The monoisotopic (exact) mass is 341 g/mol. The Morgan fingerprint density at radius 1 is 1.41 bits per heavy atom. The highest BCUT2D eigenvalue weighted by molar-refractivity contribution is 7.90. The van der Waals surface area contributed by atoms with E-state index in [1.54, 1.807) is 12.5 Å². The first-order chi connectivity index (χ1) is 10.4. The summed E-state index contributed by atoms with van der Waals surface area (Å²) in [5.41, 5.74) is 0.271. The maximum atomic E-state index is 12.0. The van der Waals surface area contributed by atoms with Gasteiger partial charge >= 0.3 is 0 Å². The summed E-state index contributed by atoms with van der Waals surface area (Å²) in [4.78, 5) is 15.9. The molecule has 22 heavy (non-hydrogen) atoms. The molecule has 1 aromatic carbocycles. The number of hydrogen-bond acceptors (Lipinski definition) is 4. The number of aryl methyl sites for hydroxylation is 1. The van der Waals surface area contributed by atoms with Gasteiger partial charge in [-0.25, -0.2) is 13.4 Å². The molecule has 0 bridgehead atoms. The van der Waals surface area contributed by atoms with E-state index in [1.807, 2.05) is 10.8 Å². The van der Waals surface area contributed by atoms with Crippen LogP contribution < -0.4 is 5.32 Å². The number of hydrogen-bond donors (Lipinski definition) is 1. The van der Waals surface area contributed by atoms with E-state index in [4.69, 9.17) is 11.6 Å². The summed E-state index contributed by atoms with van der Waals surface area (Å²) in [5.74, 6) is -0.327.